The molecule has 2 aliphatic rings. The van der Waals surface area contributed by atoms with Gasteiger partial charge in [-0.05, 0) is 54.4 Å². The lowest BCUT2D eigenvalue weighted by Gasteiger charge is -2.35. The largest absolute Gasteiger partial charge is 0.454 e. The highest BCUT2D eigenvalue weighted by Gasteiger charge is 2.21. The van der Waals surface area contributed by atoms with Crippen molar-refractivity contribution in [3.63, 3.8) is 0 Å². The molecule has 3 aromatic carbocycles. The van der Waals surface area contributed by atoms with Crippen LogP contribution in [0.25, 0.3) is 0 Å². The van der Waals surface area contributed by atoms with Crippen LogP contribution in [0, 0.1) is 6.92 Å². The first-order valence-electron chi connectivity index (χ1n) is 13.5. The van der Waals surface area contributed by atoms with Crippen molar-refractivity contribution in [2.24, 2.45) is 0 Å². The maximum absolute atomic E-state index is 12.8. The second-order valence-corrected chi connectivity index (χ2v) is 11.4. The van der Waals surface area contributed by atoms with Crippen molar-refractivity contribution in [3.8, 4) is 11.5 Å². The van der Waals surface area contributed by atoms with E-state index in [4.69, 9.17) is 26.1 Å². The molecule has 10 heteroatoms. The topological polar surface area (TPSA) is 79.8 Å². The fraction of sp³-hybridized carbons (Fsp3) is 0.258. The Hall–Kier alpha value is -3.79. The van der Waals surface area contributed by atoms with Gasteiger partial charge in [0.1, 0.15) is 11.0 Å². The lowest BCUT2D eigenvalue weighted by molar-refractivity contribution is 0.102. The molecule has 1 amide bonds. The normalized spacial score (nSPS) is 14.7. The molecule has 0 saturated carbocycles. The zero-order valence-electron chi connectivity index (χ0n) is 22.7. The number of hydrogen-bond donors (Lipinski definition) is 1. The standard InChI is InChI=1S/C31H30ClN5O3S/c1-21-5-8-25(9-6-21)33-30(38)24-4-2-3-23(15-24)19-41-31-34-28(32)17-29(35-31)37-13-11-36(12-14-37)18-22-7-10-26-27(16-22)40-20-39-26/h2-10,15-17H,11-14,18-20H2,1H3,(H,33,38). The first kappa shape index (κ1) is 27.4. The van der Waals surface area contributed by atoms with Crippen LogP contribution in [0.2, 0.25) is 5.15 Å². The van der Waals surface area contributed by atoms with Gasteiger partial charge in [-0.2, -0.15) is 0 Å². The van der Waals surface area contributed by atoms with Crippen LogP contribution >= 0.6 is 23.4 Å². The van der Waals surface area contributed by atoms with E-state index in [0.29, 0.717) is 21.6 Å². The number of piperazine rings is 1. The number of hydrogen-bond acceptors (Lipinski definition) is 8. The molecule has 210 valence electrons. The Kier molecular flexibility index (Phi) is 8.27. The maximum Gasteiger partial charge on any atom is 0.255 e. The van der Waals surface area contributed by atoms with E-state index in [1.54, 1.807) is 0 Å². The van der Waals surface area contributed by atoms with Crippen LogP contribution in [0.15, 0.2) is 78.0 Å². The molecular formula is C31H30ClN5O3S. The second-order valence-electron chi connectivity index (χ2n) is 10.1. The highest BCUT2D eigenvalue weighted by molar-refractivity contribution is 7.98. The van der Waals surface area contributed by atoms with E-state index < -0.39 is 0 Å². The van der Waals surface area contributed by atoms with Gasteiger partial charge in [-0.3, -0.25) is 9.69 Å². The summed E-state index contributed by atoms with van der Waals surface area (Å²) in [6, 6.07) is 23.3. The molecular weight excluding hydrogens is 558 g/mol. The Morgan fingerprint density at radius 2 is 1.73 bits per heavy atom. The molecule has 1 N–H and O–H groups in total. The number of amides is 1. The molecule has 2 aliphatic heterocycles. The zero-order chi connectivity index (χ0) is 28.2. The predicted molar refractivity (Wildman–Crippen MR) is 162 cm³/mol. The number of rotatable bonds is 8. The number of thioether (sulfide) groups is 1. The van der Waals surface area contributed by atoms with Gasteiger partial charge in [0.2, 0.25) is 6.79 Å². The number of halogens is 1. The molecule has 4 aromatic rings. The smallest absolute Gasteiger partial charge is 0.255 e. The van der Waals surface area contributed by atoms with Gasteiger partial charge in [0, 0.05) is 55.8 Å². The van der Waals surface area contributed by atoms with Gasteiger partial charge in [-0.1, -0.05) is 59.3 Å². The van der Waals surface area contributed by atoms with E-state index in [-0.39, 0.29) is 12.7 Å². The summed E-state index contributed by atoms with van der Waals surface area (Å²) in [5.74, 6) is 2.94. The van der Waals surface area contributed by atoms with Crippen molar-refractivity contribution in [2.45, 2.75) is 24.4 Å². The van der Waals surface area contributed by atoms with Crippen LogP contribution in [0.1, 0.15) is 27.0 Å². The fourth-order valence-electron chi connectivity index (χ4n) is 4.83. The van der Waals surface area contributed by atoms with Crippen LogP contribution in [0.4, 0.5) is 11.5 Å². The minimum atomic E-state index is -0.139. The Morgan fingerprint density at radius 3 is 2.56 bits per heavy atom. The zero-order valence-corrected chi connectivity index (χ0v) is 24.3. The Balaban J connectivity index is 1.04. The Morgan fingerprint density at radius 1 is 0.927 bits per heavy atom. The lowest BCUT2D eigenvalue weighted by atomic mass is 10.1. The molecule has 0 bridgehead atoms. The minimum absolute atomic E-state index is 0.139. The number of aryl methyl sites for hydroxylation is 1. The number of aromatic nitrogens is 2. The van der Waals surface area contributed by atoms with Gasteiger partial charge in [-0.15, -0.1) is 0 Å². The highest BCUT2D eigenvalue weighted by Crippen LogP contribution is 2.33. The summed E-state index contributed by atoms with van der Waals surface area (Å²) < 4.78 is 10.9. The van der Waals surface area contributed by atoms with Crippen molar-refractivity contribution in [1.29, 1.82) is 0 Å². The SMILES string of the molecule is Cc1ccc(NC(=O)c2cccc(CSc3nc(Cl)cc(N4CCN(Cc5ccc6c(c5)OCO6)CC4)n3)c2)cc1. The monoisotopic (exact) mass is 587 g/mol. The van der Waals surface area contributed by atoms with Crippen molar-refractivity contribution in [1.82, 2.24) is 14.9 Å². The summed E-state index contributed by atoms with van der Waals surface area (Å²) >= 11 is 7.92. The summed E-state index contributed by atoms with van der Waals surface area (Å²) in [4.78, 5) is 26.7. The van der Waals surface area contributed by atoms with E-state index in [1.807, 2.05) is 67.6 Å². The van der Waals surface area contributed by atoms with E-state index in [0.717, 1.165) is 66.9 Å². The minimum Gasteiger partial charge on any atom is -0.454 e. The highest BCUT2D eigenvalue weighted by atomic mass is 35.5. The summed E-state index contributed by atoms with van der Waals surface area (Å²) in [5, 5.41) is 3.99. The van der Waals surface area contributed by atoms with Gasteiger partial charge in [0.15, 0.2) is 16.7 Å². The molecule has 3 heterocycles. The van der Waals surface area contributed by atoms with E-state index in [1.165, 1.54) is 17.3 Å². The number of nitrogens with zero attached hydrogens (tertiary/aromatic N) is 4. The molecule has 1 aromatic heterocycles. The van der Waals surface area contributed by atoms with Crippen LogP contribution in [-0.4, -0.2) is 53.7 Å². The van der Waals surface area contributed by atoms with Crippen molar-refractivity contribution in [2.75, 3.05) is 43.2 Å². The number of benzene rings is 3. The summed E-state index contributed by atoms with van der Waals surface area (Å²) in [6.07, 6.45) is 0. The molecule has 8 nitrogen and oxygen atoms in total. The van der Waals surface area contributed by atoms with Crippen molar-refractivity contribution >= 4 is 40.8 Å². The van der Waals surface area contributed by atoms with Gasteiger partial charge < -0.3 is 19.7 Å². The van der Waals surface area contributed by atoms with Crippen molar-refractivity contribution in [3.05, 3.63) is 100 Å². The Labute approximate surface area is 248 Å². The van der Waals surface area contributed by atoms with Gasteiger partial charge in [-0.25, -0.2) is 9.97 Å². The lowest BCUT2D eigenvalue weighted by Crippen LogP contribution is -2.46. The Bertz CT molecular complexity index is 1540. The summed E-state index contributed by atoms with van der Waals surface area (Å²) in [7, 11) is 0. The van der Waals surface area contributed by atoms with E-state index in [2.05, 4.69) is 32.2 Å². The van der Waals surface area contributed by atoms with E-state index >= 15 is 0 Å². The number of fused-ring (bicyclic) bond motifs is 1. The van der Waals surface area contributed by atoms with Gasteiger partial charge >= 0.3 is 0 Å². The quantitative estimate of drug-likeness (QED) is 0.152. The number of carbonyl (C=O) groups excluding carboxylic acids is 1. The molecule has 0 aliphatic carbocycles. The molecule has 0 atom stereocenters. The predicted octanol–water partition coefficient (Wildman–Crippen LogP) is 6.03. The molecule has 1 fully saturated rings. The average Bonchev–Trinajstić information content (AvgIpc) is 3.46. The third-order valence-electron chi connectivity index (χ3n) is 7.07. The molecule has 1 saturated heterocycles. The number of nitrogens with one attached hydrogen (secondary N) is 1. The molecule has 6 rings (SSSR count). The molecule has 0 radical (unpaired) electrons. The van der Waals surface area contributed by atoms with Crippen LogP contribution in [0.5, 0.6) is 11.5 Å². The molecule has 41 heavy (non-hydrogen) atoms. The number of anilines is 2. The van der Waals surface area contributed by atoms with Crippen LogP contribution in [-0.2, 0) is 12.3 Å². The first-order valence-corrected chi connectivity index (χ1v) is 14.8. The first-order chi connectivity index (χ1) is 20.0. The summed E-state index contributed by atoms with van der Waals surface area (Å²) in [6.45, 7) is 6.69. The molecule has 0 unspecified atom stereocenters. The van der Waals surface area contributed by atoms with Crippen LogP contribution in [0.3, 0.4) is 0 Å². The fourth-order valence-corrected chi connectivity index (χ4v) is 5.86. The van der Waals surface area contributed by atoms with Gasteiger partial charge in [0.05, 0.1) is 0 Å². The second kappa shape index (κ2) is 12.4. The molecule has 0 spiro atoms. The van der Waals surface area contributed by atoms with Crippen molar-refractivity contribution < 1.29 is 14.3 Å². The summed E-state index contributed by atoms with van der Waals surface area (Å²) in [5.41, 5.74) is 4.74. The maximum atomic E-state index is 12.8. The van der Waals surface area contributed by atoms with Crippen LogP contribution < -0.4 is 19.7 Å². The third-order valence-corrected chi connectivity index (χ3v) is 8.18. The van der Waals surface area contributed by atoms with Gasteiger partial charge in [0.25, 0.3) is 5.91 Å². The number of carbonyl (C=O) groups is 1. The average molecular weight is 588 g/mol. The number of ether oxygens (including phenoxy) is 2. The third kappa shape index (κ3) is 6.93. The van der Waals surface area contributed by atoms with E-state index in [9.17, 15) is 4.79 Å².